The predicted molar refractivity (Wildman–Crippen MR) is 61.5 cm³/mol. The summed E-state index contributed by atoms with van der Waals surface area (Å²) in [5, 5.41) is 12.9. The van der Waals surface area contributed by atoms with Gasteiger partial charge in [-0.1, -0.05) is 0 Å². The van der Waals surface area contributed by atoms with Crippen LogP contribution in [0.5, 0.6) is 11.5 Å². The van der Waals surface area contributed by atoms with Gasteiger partial charge in [0.25, 0.3) is 0 Å². The molecule has 0 atom stereocenters. The average Bonchev–Trinajstić information content (AvgIpc) is 2.21. The predicted octanol–water partition coefficient (Wildman–Crippen LogP) is 1.94. The van der Waals surface area contributed by atoms with E-state index in [0.717, 1.165) is 17.7 Å². The van der Waals surface area contributed by atoms with Crippen molar-refractivity contribution >= 4 is 0 Å². The van der Waals surface area contributed by atoms with Crippen molar-refractivity contribution in [1.29, 1.82) is 0 Å². The van der Waals surface area contributed by atoms with E-state index in [0.29, 0.717) is 5.75 Å². The van der Waals surface area contributed by atoms with E-state index in [2.05, 4.69) is 19.2 Å². The molecule has 3 heteroatoms. The molecule has 0 heterocycles. The Hall–Kier alpha value is -1.22. The van der Waals surface area contributed by atoms with Crippen molar-refractivity contribution in [2.24, 2.45) is 0 Å². The van der Waals surface area contributed by atoms with E-state index in [1.807, 2.05) is 13.1 Å². The highest BCUT2D eigenvalue weighted by Gasteiger charge is 2.17. The summed E-state index contributed by atoms with van der Waals surface area (Å²) in [5.74, 6) is 1.09. The van der Waals surface area contributed by atoms with Crippen LogP contribution in [0.2, 0.25) is 0 Å². The Bertz CT molecular complexity index is 334. The molecule has 0 saturated heterocycles. The average molecular weight is 209 g/mol. The Morgan fingerprint density at radius 3 is 2.60 bits per heavy atom. The van der Waals surface area contributed by atoms with Crippen molar-refractivity contribution in [3.63, 3.8) is 0 Å². The Balaban J connectivity index is 2.93. The molecule has 0 amide bonds. The normalized spacial score (nSPS) is 11.5. The standard InChI is InChI=1S/C12H19NO2/c1-12(2,13-3)8-9-7-10(15-4)5-6-11(9)14/h5-7,13-14H,8H2,1-4H3. The molecular formula is C12H19NO2. The van der Waals surface area contributed by atoms with Crippen LogP contribution < -0.4 is 10.1 Å². The molecule has 0 aliphatic carbocycles. The number of rotatable bonds is 4. The zero-order valence-electron chi connectivity index (χ0n) is 9.79. The van der Waals surface area contributed by atoms with Crippen LogP contribution >= 0.6 is 0 Å². The van der Waals surface area contributed by atoms with E-state index in [4.69, 9.17) is 4.74 Å². The lowest BCUT2D eigenvalue weighted by atomic mass is 9.94. The maximum absolute atomic E-state index is 9.71. The van der Waals surface area contributed by atoms with Crippen molar-refractivity contribution in [3.8, 4) is 11.5 Å². The SMILES string of the molecule is CNC(C)(C)Cc1cc(OC)ccc1O. The molecule has 1 rings (SSSR count). The van der Waals surface area contributed by atoms with Gasteiger partial charge in [-0.2, -0.15) is 0 Å². The van der Waals surface area contributed by atoms with Crippen molar-refractivity contribution in [2.75, 3.05) is 14.2 Å². The van der Waals surface area contributed by atoms with Crippen molar-refractivity contribution < 1.29 is 9.84 Å². The van der Waals surface area contributed by atoms with Crippen LogP contribution in [-0.2, 0) is 6.42 Å². The lowest BCUT2D eigenvalue weighted by Gasteiger charge is -2.24. The fraction of sp³-hybridized carbons (Fsp3) is 0.500. The number of methoxy groups -OCH3 is 1. The van der Waals surface area contributed by atoms with Crippen molar-refractivity contribution in [3.05, 3.63) is 23.8 Å². The smallest absolute Gasteiger partial charge is 0.119 e. The second-order valence-corrected chi connectivity index (χ2v) is 4.31. The van der Waals surface area contributed by atoms with E-state index in [1.54, 1.807) is 19.2 Å². The molecule has 0 aromatic heterocycles. The van der Waals surface area contributed by atoms with Crippen LogP contribution in [0.15, 0.2) is 18.2 Å². The molecule has 0 bridgehead atoms. The molecule has 3 nitrogen and oxygen atoms in total. The molecule has 2 N–H and O–H groups in total. The molecule has 15 heavy (non-hydrogen) atoms. The van der Waals surface area contributed by atoms with Gasteiger partial charge in [-0.3, -0.25) is 0 Å². The topological polar surface area (TPSA) is 41.5 Å². The highest BCUT2D eigenvalue weighted by atomic mass is 16.5. The van der Waals surface area contributed by atoms with Gasteiger partial charge in [-0.15, -0.1) is 0 Å². The second kappa shape index (κ2) is 4.53. The first kappa shape index (κ1) is 11.9. The van der Waals surface area contributed by atoms with Crippen molar-refractivity contribution in [1.82, 2.24) is 5.32 Å². The van der Waals surface area contributed by atoms with Crippen LogP contribution in [0.25, 0.3) is 0 Å². The number of ether oxygens (including phenoxy) is 1. The molecular weight excluding hydrogens is 190 g/mol. The number of phenolic OH excluding ortho intramolecular Hbond substituents is 1. The van der Waals surface area contributed by atoms with Crippen LogP contribution in [0.3, 0.4) is 0 Å². The third-order valence-corrected chi connectivity index (χ3v) is 2.60. The molecule has 0 radical (unpaired) electrons. The van der Waals surface area contributed by atoms with E-state index in [1.165, 1.54) is 0 Å². The van der Waals surface area contributed by atoms with Gasteiger partial charge in [-0.05, 0) is 51.1 Å². The summed E-state index contributed by atoms with van der Waals surface area (Å²) in [4.78, 5) is 0. The van der Waals surface area contributed by atoms with Crippen LogP contribution in [0, 0.1) is 0 Å². The third kappa shape index (κ3) is 3.13. The minimum Gasteiger partial charge on any atom is -0.508 e. The maximum atomic E-state index is 9.71. The highest BCUT2D eigenvalue weighted by Crippen LogP contribution is 2.26. The Morgan fingerprint density at radius 2 is 2.07 bits per heavy atom. The number of nitrogens with one attached hydrogen (secondary N) is 1. The van der Waals surface area contributed by atoms with Gasteiger partial charge in [0, 0.05) is 5.54 Å². The van der Waals surface area contributed by atoms with Gasteiger partial charge in [-0.25, -0.2) is 0 Å². The van der Waals surface area contributed by atoms with Gasteiger partial charge < -0.3 is 15.2 Å². The number of aromatic hydroxyl groups is 1. The van der Waals surface area contributed by atoms with E-state index < -0.39 is 0 Å². The van der Waals surface area contributed by atoms with Crippen LogP contribution in [0.1, 0.15) is 19.4 Å². The zero-order chi connectivity index (χ0) is 11.5. The lowest BCUT2D eigenvalue weighted by Crippen LogP contribution is -2.38. The fourth-order valence-electron chi connectivity index (χ4n) is 1.39. The number of benzene rings is 1. The summed E-state index contributed by atoms with van der Waals surface area (Å²) in [6, 6.07) is 5.29. The first-order chi connectivity index (χ1) is 6.98. The van der Waals surface area contributed by atoms with Crippen LogP contribution in [0.4, 0.5) is 0 Å². The summed E-state index contributed by atoms with van der Waals surface area (Å²) >= 11 is 0. The minimum atomic E-state index is -0.0379. The molecule has 0 unspecified atom stereocenters. The number of phenols is 1. The highest BCUT2D eigenvalue weighted by molar-refractivity contribution is 5.40. The summed E-state index contributed by atoms with van der Waals surface area (Å²) < 4.78 is 5.13. The second-order valence-electron chi connectivity index (χ2n) is 4.31. The van der Waals surface area contributed by atoms with Gasteiger partial charge in [0.2, 0.25) is 0 Å². The van der Waals surface area contributed by atoms with Crippen LogP contribution in [-0.4, -0.2) is 24.8 Å². The Kier molecular flexibility index (Phi) is 3.58. The monoisotopic (exact) mass is 209 g/mol. The molecule has 0 aliphatic rings. The number of likely N-dealkylation sites (N-methyl/N-ethyl adjacent to an activating group) is 1. The molecule has 0 saturated carbocycles. The van der Waals surface area contributed by atoms with Gasteiger partial charge in [0.15, 0.2) is 0 Å². The summed E-state index contributed by atoms with van der Waals surface area (Å²) in [6.07, 6.45) is 0.756. The molecule has 0 fully saturated rings. The molecule has 0 spiro atoms. The largest absolute Gasteiger partial charge is 0.508 e. The van der Waals surface area contributed by atoms with Gasteiger partial charge in [0.1, 0.15) is 11.5 Å². The van der Waals surface area contributed by atoms with E-state index in [-0.39, 0.29) is 5.54 Å². The lowest BCUT2D eigenvalue weighted by molar-refractivity contribution is 0.395. The van der Waals surface area contributed by atoms with Crippen molar-refractivity contribution in [2.45, 2.75) is 25.8 Å². The Labute approximate surface area is 91.1 Å². The summed E-state index contributed by atoms with van der Waals surface area (Å²) in [6.45, 7) is 4.18. The number of hydrogen-bond acceptors (Lipinski definition) is 3. The quantitative estimate of drug-likeness (QED) is 0.796. The minimum absolute atomic E-state index is 0.0379. The fourth-order valence-corrected chi connectivity index (χ4v) is 1.39. The maximum Gasteiger partial charge on any atom is 0.119 e. The van der Waals surface area contributed by atoms with Gasteiger partial charge in [0.05, 0.1) is 7.11 Å². The van der Waals surface area contributed by atoms with E-state index in [9.17, 15) is 5.11 Å². The molecule has 84 valence electrons. The first-order valence-electron chi connectivity index (χ1n) is 5.03. The Morgan fingerprint density at radius 1 is 1.40 bits per heavy atom. The summed E-state index contributed by atoms with van der Waals surface area (Å²) in [5.41, 5.74) is 0.859. The van der Waals surface area contributed by atoms with E-state index >= 15 is 0 Å². The molecule has 1 aromatic carbocycles. The number of hydrogen-bond donors (Lipinski definition) is 2. The first-order valence-corrected chi connectivity index (χ1v) is 5.03. The van der Waals surface area contributed by atoms with Gasteiger partial charge >= 0.3 is 0 Å². The molecule has 1 aromatic rings. The molecule has 0 aliphatic heterocycles. The third-order valence-electron chi connectivity index (χ3n) is 2.60. The zero-order valence-corrected chi connectivity index (χ0v) is 9.79. The summed E-state index contributed by atoms with van der Waals surface area (Å²) in [7, 11) is 3.54.